The van der Waals surface area contributed by atoms with Crippen molar-refractivity contribution in [1.82, 2.24) is 10.6 Å². The molecule has 1 aromatic rings. The van der Waals surface area contributed by atoms with Crippen LogP contribution in [0.4, 0.5) is 17.6 Å². The molecule has 0 saturated carbocycles. The van der Waals surface area contributed by atoms with E-state index in [1.807, 2.05) is 13.8 Å². The highest BCUT2D eigenvalue weighted by molar-refractivity contribution is 5.28. The highest BCUT2D eigenvalue weighted by Crippen LogP contribution is 2.32. The third-order valence-electron chi connectivity index (χ3n) is 2.78. The first kappa shape index (κ1) is 16.9. The lowest BCUT2D eigenvalue weighted by molar-refractivity contribution is -0.140. The summed E-state index contributed by atoms with van der Waals surface area (Å²) in [5.74, 6) is -1.19. The summed E-state index contributed by atoms with van der Waals surface area (Å²) in [5, 5.41) is 6.17. The second-order valence-corrected chi connectivity index (χ2v) is 4.92. The fourth-order valence-corrected chi connectivity index (χ4v) is 1.76. The molecule has 0 heterocycles. The maximum absolute atomic E-state index is 13.7. The highest BCUT2D eigenvalue weighted by Gasteiger charge is 2.34. The van der Waals surface area contributed by atoms with Crippen molar-refractivity contribution in [3.8, 4) is 0 Å². The topological polar surface area (TPSA) is 24.1 Å². The van der Waals surface area contributed by atoms with E-state index in [2.05, 4.69) is 10.6 Å². The lowest BCUT2D eigenvalue weighted by Crippen LogP contribution is -2.27. The highest BCUT2D eigenvalue weighted by atomic mass is 19.4. The monoisotopic (exact) mass is 292 g/mol. The van der Waals surface area contributed by atoms with Crippen LogP contribution in [-0.4, -0.2) is 19.1 Å². The van der Waals surface area contributed by atoms with Crippen LogP contribution in [-0.2, 0) is 12.7 Å². The smallest absolute Gasteiger partial charge is 0.314 e. The van der Waals surface area contributed by atoms with Crippen molar-refractivity contribution in [1.29, 1.82) is 0 Å². The molecule has 6 heteroatoms. The third-order valence-corrected chi connectivity index (χ3v) is 2.78. The van der Waals surface area contributed by atoms with Gasteiger partial charge < -0.3 is 10.6 Å². The van der Waals surface area contributed by atoms with Gasteiger partial charge in [0, 0.05) is 18.2 Å². The molecule has 2 nitrogen and oxygen atoms in total. The average molecular weight is 292 g/mol. The molecular formula is C14H20F4N2. The molecule has 20 heavy (non-hydrogen) atoms. The zero-order valence-corrected chi connectivity index (χ0v) is 11.6. The molecule has 0 aliphatic carbocycles. The van der Waals surface area contributed by atoms with Crippen molar-refractivity contribution < 1.29 is 17.6 Å². The molecule has 0 amide bonds. The van der Waals surface area contributed by atoms with Crippen LogP contribution in [0, 0.1) is 5.82 Å². The molecule has 0 atom stereocenters. The minimum absolute atomic E-state index is 0.0386. The van der Waals surface area contributed by atoms with Gasteiger partial charge in [0.1, 0.15) is 5.82 Å². The molecular weight excluding hydrogens is 272 g/mol. The van der Waals surface area contributed by atoms with Gasteiger partial charge in [-0.3, -0.25) is 0 Å². The predicted octanol–water partition coefficient (Wildman–Crippen LogP) is 3.32. The summed E-state index contributed by atoms with van der Waals surface area (Å²) in [5.41, 5.74) is -1.17. The van der Waals surface area contributed by atoms with E-state index in [-0.39, 0.29) is 12.1 Å². The van der Waals surface area contributed by atoms with Gasteiger partial charge in [0.15, 0.2) is 0 Å². The van der Waals surface area contributed by atoms with E-state index in [0.717, 1.165) is 19.0 Å². The maximum Gasteiger partial charge on any atom is 0.419 e. The Kier molecular flexibility index (Phi) is 6.42. The summed E-state index contributed by atoms with van der Waals surface area (Å²) in [6.45, 7) is 5.60. The lowest BCUT2D eigenvalue weighted by atomic mass is 10.1. The van der Waals surface area contributed by atoms with Gasteiger partial charge >= 0.3 is 6.18 Å². The first-order chi connectivity index (χ1) is 9.32. The molecule has 1 aromatic carbocycles. The van der Waals surface area contributed by atoms with Crippen LogP contribution in [0.15, 0.2) is 18.2 Å². The quantitative estimate of drug-likeness (QED) is 0.595. The number of nitrogens with one attached hydrogen (secondary N) is 2. The first-order valence-electron chi connectivity index (χ1n) is 6.61. The maximum atomic E-state index is 13.7. The summed E-state index contributed by atoms with van der Waals surface area (Å²) in [4.78, 5) is 0. The second kappa shape index (κ2) is 7.59. The fourth-order valence-electron chi connectivity index (χ4n) is 1.76. The van der Waals surface area contributed by atoms with Crippen LogP contribution in [0.2, 0.25) is 0 Å². The minimum atomic E-state index is -4.65. The first-order valence-corrected chi connectivity index (χ1v) is 6.61. The Balaban J connectivity index is 2.45. The van der Waals surface area contributed by atoms with E-state index in [4.69, 9.17) is 0 Å². The SMILES string of the molecule is CC(C)NCCCNCc1cccc(C(F)(F)F)c1F. The van der Waals surface area contributed by atoms with Gasteiger partial charge in [-0.2, -0.15) is 13.2 Å². The van der Waals surface area contributed by atoms with Crippen molar-refractivity contribution in [2.24, 2.45) is 0 Å². The van der Waals surface area contributed by atoms with E-state index in [1.54, 1.807) is 0 Å². The number of alkyl halides is 3. The Bertz CT molecular complexity index is 416. The molecule has 0 fully saturated rings. The second-order valence-electron chi connectivity index (χ2n) is 4.92. The van der Waals surface area contributed by atoms with Crippen LogP contribution in [0.3, 0.4) is 0 Å². The van der Waals surface area contributed by atoms with Crippen LogP contribution in [0.1, 0.15) is 31.4 Å². The summed E-state index contributed by atoms with van der Waals surface area (Å²) >= 11 is 0. The number of hydrogen-bond donors (Lipinski definition) is 2. The number of hydrogen-bond acceptors (Lipinski definition) is 2. The standard InChI is InChI=1S/C14H20F4N2/c1-10(2)20-8-4-7-19-9-11-5-3-6-12(13(11)15)14(16,17)18/h3,5-6,10,19-20H,4,7-9H2,1-2H3. The van der Waals surface area contributed by atoms with Crippen molar-refractivity contribution in [2.45, 2.75) is 39.0 Å². The van der Waals surface area contributed by atoms with Gasteiger partial charge in [0.05, 0.1) is 5.56 Å². The van der Waals surface area contributed by atoms with Crippen molar-refractivity contribution in [3.63, 3.8) is 0 Å². The Labute approximate surface area is 116 Å². The van der Waals surface area contributed by atoms with Crippen molar-refractivity contribution >= 4 is 0 Å². The summed E-state index contributed by atoms with van der Waals surface area (Å²) in [6, 6.07) is 3.74. The molecule has 0 radical (unpaired) electrons. The zero-order chi connectivity index (χ0) is 15.2. The van der Waals surface area contributed by atoms with Crippen LogP contribution < -0.4 is 10.6 Å². The summed E-state index contributed by atoms with van der Waals surface area (Å²) < 4.78 is 51.3. The van der Waals surface area contributed by atoms with Crippen molar-refractivity contribution in [3.05, 3.63) is 35.1 Å². The van der Waals surface area contributed by atoms with Crippen LogP contribution in [0.25, 0.3) is 0 Å². The molecule has 0 bridgehead atoms. The fraction of sp³-hybridized carbons (Fsp3) is 0.571. The Morgan fingerprint density at radius 2 is 1.85 bits per heavy atom. The van der Waals surface area contributed by atoms with Gasteiger partial charge in [0.25, 0.3) is 0 Å². The molecule has 0 aliphatic rings. The molecule has 0 aromatic heterocycles. The van der Waals surface area contributed by atoms with Crippen LogP contribution in [0.5, 0.6) is 0 Å². The summed E-state index contributed by atoms with van der Waals surface area (Å²) in [6.07, 6.45) is -3.82. The number of halogens is 4. The van der Waals surface area contributed by atoms with E-state index in [1.165, 1.54) is 12.1 Å². The molecule has 114 valence electrons. The largest absolute Gasteiger partial charge is 0.419 e. The van der Waals surface area contributed by atoms with Gasteiger partial charge in [-0.1, -0.05) is 26.0 Å². The zero-order valence-electron chi connectivity index (χ0n) is 11.6. The normalized spacial score (nSPS) is 12.2. The van der Waals surface area contributed by atoms with Crippen molar-refractivity contribution in [2.75, 3.05) is 13.1 Å². The Morgan fingerprint density at radius 3 is 2.45 bits per heavy atom. The Morgan fingerprint density at radius 1 is 1.15 bits per heavy atom. The van der Waals surface area contributed by atoms with E-state index in [0.29, 0.717) is 12.6 Å². The number of rotatable bonds is 7. The van der Waals surface area contributed by atoms with Gasteiger partial charge in [-0.25, -0.2) is 4.39 Å². The van der Waals surface area contributed by atoms with Crippen LogP contribution >= 0.6 is 0 Å². The molecule has 0 unspecified atom stereocenters. The third kappa shape index (κ3) is 5.46. The Hall–Kier alpha value is -1.14. The molecule has 2 N–H and O–H groups in total. The minimum Gasteiger partial charge on any atom is -0.314 e. The van der Waals surface area contributed by atoms with E-state index < -0.39 is 17.6 Å². The van der Waals surface area contributed by atoms with Gasteiger partial charge in [0.2, 0.25) is 0 Å². The molecule has 0 spiro atoms. The molecule has 0 aliphatic heterocycles. The van der Waals surface area contributed by atoms with Gasteiger partial charge in [-0.05, 0) is 25.6 Å². The van der Waals surface area contributed by atoms with E-state index in [9.17, 15) is 17.6 Å². The predicted molar refractivity (Wildman–Crippen MR) is 70.9 cm³/mol. The molecule has 1 rings (SSSR count). The molecule has 0 saturated heterocycles. The number of benzene rings is 1. The van der Waals surface area contributed by atoms with Gasteiger partial charge in [-0.15, -0.1) is 0 Å². The average Bonchev–Trinajstić information content (AvgIpc) is 2.33. The lowest BCUT2D eigenvalue weighted by Gasteiger charge is -2.12. The van der Waals surface area contributed by atoms with E-state index >= 15 is 0 Å². The summed E-state index contributed by atoms with van der Waals surface area (Å²) in [7, 11) is 0.